The van der Waals surface area contributed by atoms with E-state index < -0.39 is 0 Å². The molecule has 0 saturated carbocycles. The van der Waals surface area contributed by atoms with Crippen LogP contribution in [0, 0.1) is 20.8 Å². The Balaban J connectivity index is 1.37. The van der Waals surface area contributed by atoms with Gasteiger partial charge in [-0.25, -0.2) is 9.97 Å². The van der Waals surface area contributed by atoms with Gasteiger partial charge in [-0.1, -0.05) is 24.3 Å². The Morgan fingerprint density at radius 1 is 0.657 bits per heavy atom. The molecule has 0 saturated heterocycles. The highest BCUT2D eigenvalue weighted by Crippen LogP contribution is 2.26. The van der Waals surface area contributed by atoms with E-state index in [1.807, 2.05) is 37.2 Å². The van der Waals surface area contributed by atoms with Crippen molar-refractivity contribution in [3.8, 4) is 5.69 Å². The lowest BCUT2D eigenvalue weighted by molar-refractivity contribution is 0.813. The van der Waals surface area contributed by atoms with Crippen molar-refractivity contribution in [1.82, 2.24) is 24.1 Å². The Labute approximate surface area is 204 Å². The van der Waals surface area contributed by atoms with Crippen LogP contribution in [-0.4, -0.2) is 24.1 Å². The number of pyridine rings is 1. The minimum absolute atomic E-state index is 0.797. The number of hydrogen-bond acceptors (Lipinski definition) is 3. The van der Waals surface area contributed by atoms with Crippen LogP contribution in [0.4, 0.5) is 0 Å². The highest BCUT2D eigenvalue weighted by atomic mass is 15.1. The summed E-state index contributed by atoms with van der Waals surface area (Å²) in [5.74, 6) is 0. The summed E-state index contributed by atoms with van der Waals surface area (Å²) in [6.07, 6.45) is 8.35. The van der Waals surface area contributed by atoms with Crippen LogP contribution >= 0.6 is 0 Å². The first-order chi connectivity index (χ1) is 17.1. The van der Waals surface area contributed by atoms with Gasteiger partial charge in [0.15, 0.2) is 0 Å². The zero-order valence-corrected chi connectivity index (χ0v) is 20.2. The minimum Gasteiger partial charge on any atom is -0.326 e. The summed E-state index contributed by atoms with van der Waals surface area (Å²) in [4.78, 5) is 13.5. The predicted molar refractivity (Wildman–Crippen MR) is 141 cm³/mol. The summed E-state index contributed by atoms with van der Waals surface area (Å²) in [6.45, 7) is 7.28. The predicted octanol–water partition coefficient (Wildman–Crippen LogP) is 6.33. The molecule has 5 nitrogen and oxygen atoms in total. The van der Waals surface area contributed by atoms with Crippen LogP contribution < -0.4 is 0 Å². The molecular weight excluding hydrogens is 430 g/mol. The van der Waals surface area contributed by atoms with E-state index in [4.69, 9.17) is 0 Å². The third-order valence-corrected chi connectivity index (χ3v) is 7.02. The van der Waals surface area contributed by atoms with Gasteiger partial charge in [0.2, 0.25) is 0 Å². The molecule has 0 bridgehead atoms. The van der Waals surface area contributed by atoms with Crippen LogP contribution in [0.25, 0.3) is 27.8 Å². The van der Waals surface area contributed by atoms with Crippen LogP contribution in [0.3, 0.4) is 0 Å². The fourth-order valence-corrected chi connectivity index (χ4v) is 4.82. The third kappa shape index (κ3) is 3.89. The van der Waals surface area contributed by atoms with E-state index in [0.717, 1.165) is 35.2 Å². The maximum absolute atomic E-state index is 4.66. The van der Waals surface area contributed by atoms with Gasteiger partial charge in [-0.15, -0.1) is 0 Å². The lowest BCUT2D eigenvalue weighted by Gasteiger charge is -2.14. The topological polar surface area (TPSA) is 48.5 Å². The van der Waals surface area contributed by atoms with Crippen molar-refractivity contribution in [2.75, 3.05) is 0 Å². The molecule has 3 aromatic carbocycles. The van der Waals surface area contributed by atoms with Gasteiger partial charge in [-0.3, -0.25) is 9.55 Å². The fourth-order valence-electron chi connectivity index (χ4n) is 4.82. The van der Waals surface area contributed by atoms with Crippen molar-refractivity contribution in [3.05, 3.63) is 119 Å². The Hall–Kier alpha value is -4.25. The van der Waals surface area contributed by atoms with Crippen molar-refractivity contribution in [2.45, 2.75) is 33.7 Å². The Morgan fingerprint density at radius 2 is 1.34 bits per heavy atom. The molecule has 0 aliphatic carbocycles. The SMILES string of the molecule is Cc1cc2ncn(Cc3ccccc3Cc3cc4c(cc3C)ncn4-c3ccncc3)c2cc1C. The lowest BCUT2D eigenvalue weighted by atomic mass is 9.96. The highest BCUT2D eigenvalue weighted by Gasteiger charge is 2.12. The second-order valence-corrected chi connectivity index (χ2v) is 9.33. The van der Waals surface area contributed by atoms with Crippen LogP contribution in [0.5, 0.6) is 0 Å². The van der Waals surface area contributed by atoms with Crippen molar-refractivity contribution >= 4 is 22.1 Å². The number of fused-ring (bicyclic) bond motifs is 2. The van der Waals surface area contributed by atoms with Crippen LogP contribution in [-0.2, 0) is 13.0 Å². The van der Waals surface area contributed by atoms with Gasteiger partial charge in [-0.05, 0) is 97.0 Å². The average molecular weight is 458 g/mol. The number of rotatable bonds is 5. The Morgan fingerprint density at radius 3 is 2.17 bits per heavy atom. The molecule has 35 heavy (non-hydrogen) atoms. The molecule has 0 spiro atoms. The maximum Gasteiger partial charge on any atom is 0.100 e. The number of benzene rings is 3. The zero-order chi connectivity index (χ0) is 23.9. The van der Waals surface area contributed by atoms with Gasteiger partial charge in [-0.2, -0.15) is 0 Å². The molecule has 6 rings (SSSR count). The quantitative estimate of drug-likeness (QED) is 0.304. The van der Waals surface area contributed by atoms with Gasteiger partial charge in [0.1, 0.15) is 6.33 Å². The smallest absolute Gasteiger partial charge is 0.100 e. The normalized spacial score (nSPS) is 11.5. The Bertz CT molecular complexity index is 1670. The van der Waals surface area contributed by atoms with E-state index in [-0.39, 0.29) is 0 Å². The van der Waals surface area contributed by atoms with Crippen molar-refractivity contribution < 1.29 is 0 Å². The molecule has 0 aliphatic heterocycles. The molecule has 6 aromatic rings. The zero-order valence-electron chi connectivity index (χ0n) is 20.2. The number of aromatic nitrogens is 5. The fraction of sp³-hybridized carbons (Fsp3) is 0.167. The van der Waals surface area contributed by atoms with E-state index in [9.17, 15) is 0 Å². The van der Waals surface area contributed by atoms with Gasteiger partial charge >= 0.3 is 0 Å². The second-order valence-electron chi connectivity index (χ2n) is 9.33. The minimum atomic E-state index is 0.797. The summed E-state index contributed by atoms with van der Waals surface area (Å²) < 4.78 is 4.39. The molecule has 0 fully saturated rings. The molecule has 172 valence electrons. The molecule has 0 atom stereocenters. The standard InChI is InChI=1S/C30H27N5/c1-20-12-27-29(14-21(20)2)34(18-32-27)17-24-7-5-4-6-23(24)15-25-16-30-28(13-22(25)3)33-19-35(30)26-8-10-31-11-9-26/h4-14,16,18-19H,15,17H2,1-3H3. The number of hydrogen-bond donors (Lipinski definition) is 0. The first-order valence-corrected chi connectivity index (χ1v) is 11.9. The summed E-state index contributed by atoms with van der Waals surface area (Å²) in [6, 6.07) is 21.7. The van der Waals surface area contributed by atoms with Crippen molar-refractivity contribution in [3.63, 3.8) is 0 Å². The lowest BCUT2D eigenvalue weighted by Crippen LogP contribution is -2.04. The number of nitrogens with zero attached hydrogens (tertiary/aromatic N) is 5. The van der Waals surface area contributed by atoms with E-state index >= 15 is 0 Å². The molecule has 0 radical (unpaired) electrons. The van der Waals surface area contributed by atoms with Gasteiger partial charge in [0.05, 0.1) is 34.1 Å². The first kappa shape index (κ1) is 21.3. The van der Waals surface area contributed by atoms with E-state index in [2.05, 4.69) is 93.4 Å². The van der Waals surface area contributed by atoms with E-state index in [0.29, 0.717) is 0 Å². The summed E-state index contributed by atoms with van der Waals surface area (Å²) in [5, 5.41) is 0. The monoisotopic (exact) mass is 457 g/mol. The van der Waals surface area contributed by atoms with Gasteiger partial charge in [0, 0.05) is 18.9 Å². The van der Waals surface area contributed by atoms with E-state index in [1.54, 1.807) is 0 Å². The number of imidazole rings is 2. The molecule has 3 heterocycles. The van der Waals surface area contributed by atoms with Crippen molar-refractivity contribution in [2.24, 2.45) is 0 Å². The third-order valence-electron chi connectivity index (χ3n) is 7.02. The molecule has 3 aromatic heterocycles. The molecule has 0 aliphatic rings. The molecule has 0 amide bonds. The molecule has 0 unspecified atom stereocenters. The molecule has 5 heteroatoms. The van der Waals surface area contributed by atoms with Crippen molar-refractivity contribution in [1.29, 1.82) is 0 Å². The van der Waals surface area contributed by atoms with Crippen LogP contribution in [0.15, 0.2) is 85.7 Å². The summed E-state index contributed by atoms with van der Waals surface area (Å²) in [7, 11) is 0. The van der Waals surface area contributed by atoms with Crippen LogP contribution in [0.2, 0.25) is 0 Å². The maximum atomic E-state index is 4.66. The second kappa shape index (κ2) is 8.51. The van der Waals surface area contributed by atoms with Crippen LogP contribution in [0.1, 0.15) is 33.4 Å². The first-order valence-electron chi connectivity index (χ1n) is 11.9. The average Bonchev–Trinajstić information content (AvgIpc) is 3.45. The van der Waals surface area contributed by atoms with E-state index in [1.165, 1.54) is 38.9 Å². The largest absolute Gasteiger partial charge is 0.326 e. The van der Waals surface area contributed by atoms with Gasteiger partial charge < -0.3 is 4.57 Å². The van der Waals surface area contributed by atoms with Gasteiger partial charge in [0.25, 0.3) is 0 Å². The molecular formula is C30H27N5. The summed E-state index contributed by atoms with van der Waals surface area (Å²) in [5.41, 5.74) is 13.2. The molecule has 0 N–H and O–H groups in total. The summed E-state index contributed by atoms with van der Waals surface area (Å²) >= 11 is 0. The number of aryl methyl sites for hydroxylation is 3. The Kier molecular flexibility index (Phi) is 5.18. The highest BCUT2D eigenvalue weighted by molar-refractivity contribution is 5.80.